The van der Waals surface area contributed by atoms with Crippen molar-refractivity contribution >= 4 is 0 Å². The van der Waals surface area contributed by atoms with Gasteiger partial charge in [-0.2, -0.15) is 5.26 Å². The SMILES string of the molecule is CC(NC1CC=C(C#N)C1)c1ccccc1. The summed E-state index contributed by atoms with van der Waals surface area (Å²) in [7, 11) is 0. The first-order valence-electron chi connectivity index (χ1n) is 5.69. The molecule has 1 aromatic carbocycles. The number of nitriles is 1. The van der Waals surface area contributed by atoms with Crippen molar-refractivity contribution in [1.29, 1.82) is 5.26 Å². The van der Waals surface area contributed by atoms with Gasteiger partial charge in [-0.1, -0.05) is 36.4 Å². The summed E-state index contributed by atoms with van der Waals surface area (Å²) in [6.45, 7) is 2.17. The van der Waals surface area contributed by atoms with E-state index in [1.165, 1.54) is 5.56 Å². The highest BCUT2D eigenvalue weighted by Crippen LogP contribution is 2.21. The molecule has 2 rings (SSSR count). The minimum absolute atomic E-state index is 0.345. The lowest BCUT2D eigenvalue weighted by Gasteiger charge is -2.19. The molecular formula is C14H16N2. The second-order valence-electron chi connectivity index (χ2n) is 4.28. The Morgan fingerprint density at radius 3 is 2.75 bits per heavy atom. The molecule has 0 bridgehead atoms. The van der Waals surface area contributed by atoms with Gasteiger partial charge in [0.1, 0.15) is 0 Å². The third-order valence-electron chi connectivity index (χ3n) is 3.04. The molecule has 0 spiro atoms. The standard InChI is InChI=1S/C14H16N2/c1-11(13-5-3-2-4-6-13)16-14-8-7-12(9-14)10-15/h2-7,11,14,16H,8-9H2,1H3. The lowest BCUT2D eigenvalue weighted by atomic mass is 10.1. The van der Waals surface area contributed by atoms with Crippen molar-refractivity contribution < 1.29 is 0 Å². The van der Waals surface area contributed by atoms with Crippen molar-refractivity contribution in [2.45, 2.75) is 31.8 Å². The molecule has 0 heterocycles. The largest absolute Gasteiger partial charge is 0.307 e. The average molecular weight is 212 g/mol. The van der Waals surface area contributed by atoms with Gasteiger partial charge in [0.25, 0.3) is 0 Å². The van der Waals surface area contributed by atoms with Crippen LogP contribution in [0.25, 0.3) is 0 Å². The summed E-state index contributed by atoms with van der Waals surface area (Å²) in [4.78, 5) is 0. The smallest absolute Gasteiger partial charge is 0.0944 e. The maximum atomic E-state index is 8.79. The number of nitrogens with zero attached hydrogens (tertiary/aromatic N) is 1. The maximum absolute atomic E-state index is 8.79. The van der Waals surface area contributed by atoms with E-state index < -0.39 is 0 Å². The lowest BCUT2D eigenvalue weighted by molar-refractivity contribution is 0.469. The summed E-state index contributed by atoms with van der Waals surface area (Å²) in [5.41, 5.74) is 2.21. The maximum Gasteiger partial charge on any atom is 0.0944 e. The van der Waals surface area contributed by atoms with Gasteiger partial charge in [0.15, 0.2) is 0 Å². The number of nitrogens with one attached hydrogen (secondary N) is 1. The van der Waals surface area contributed by atoms with Crippen molar-refractivity contribution in [2.75, 3.05) is 0 Å². The molecule has 2 heteroatoms. The van der Waals surface area contributed by atoms with E-state index in [1.54, 1.807) is 0 Å². The summed E-state index contributed by atoms with van der Waals surface area (Å²) < 4.78 is 0. The molecule has 0 fully saturated rings. The Morgan fingerprint density at radius 2 is 2.12 bits per heavy atom. The van der Waals surface area contributed by atoms with E-state index in [9.17, 15) is 0 Å². The van der Waals surface area contributed by atoms with Gasteiger partial charge in [-0.15, -0.1) is 0 Å². The molecule has 1 aromatic rings. The Bertz CT molecular complexity index is 414. The highest BCUT2D eigenvalue weighted by atomic mass is 14.9. The van der Waals surface area contributed by atoms with Crippen molar-refractivity contribution in [1.82, 2.24) is 5.32 Å². The molecular weight excluding hydrogens is 196 g/mol. The summed E-state index contributed by atoms with van der Waals surface area (Å²) >= 11 is 0. The summed E-state index contributed by atoms with van der Waals surface area (Å²) in [5, 5.41) is 12.3. The van der Waals surface area contributed by atoms with Gasteiger partial charge in [0.2, 0.25) is 0 Å². The molecule has 16 heavy (non-hydrogen) atoms. The Labute approximate surface area is 96.6 Å². The third kappa shape index (κ3) is 2.50. The molecule has 1 aliphatic carbocycles. The fourth-order valence-corrected chi connectivity index (χ4v) is 2.13. The van der Waals surface area contributed by atoms with E-state index >= 15 is 0 Å². The topological polar surface area (TPSA) is 35.8 Å². The molecule has 0 aromatic heterocycles. The van der Waals surface area contributed by atoms with Crippen molar-refractivity contribution in [2.24, 2.45) is 0 Å². The third-order valence-corrected chi connectivity index (χ3v) is 3.04. The van der Waals surface area contributed by atoms with Crippen LogP contribution in [0.5, 0.6) is 0 Å². The second kappa shape index (κ2) is 4.96. The quantitative estimate of drug-likeness (QED) is 0.836. The Morgan fingerprint density at radius 1 is 1.38 bits per heavy atom. The van der Waals surface area contributed by atoms with Gasteiger partial charge in [-0.05, 0) is 25.3 Å². The highest BCUT2D eigenvalue weighted by molar-refractivity contribution is 5.27. The Kier molecular flexibility index (Phi) is 3.38. The number of rotatable bonds is 3. The zero-order valence-electron chi connectivity index (χ0n) is 9.48. The van der Waals surface area contributed by atoms with Gasteiger partial charge in [-0.3, -0.25) is 0 Å². The summed E-state index contributed by atoms with van der Waals surface area (Å²) in [5.74, 6) is 0. The molecule has 0 aliphatic heterocycles. The van der Waals surface area contributed by atoms with Crippen LogP contribution in [-0.4, -0.2) is 6.04 Å². The van der Waals surface area contributed by atoms with Crippen molar-refractivity contribution in [3.63, 3.8) is 0 Å². The molecule has 1 aliphatic rings. The van der Waals surface area contributed by atoms with Gasteiger partial charge >= 0.3 is 0 Å². The number of hydrogen-bond acceptors (Lipinski definition) is 2. The first kappa shape index (κ1) is 10.9. The molecule has 2 nitrogen and oxygen atoms in total. The van der Waals surface area contributed by atoms with E-state index in [2.05, 4.69) is 42.6 Å². The molecule has 0 saturated carbocycles. The van der Waals surface area contributed by atoms with Crippen LogP contribution in [0.2, 0.25) is 0 Å². The molecule has 0 amide bonds. The fourth-order valence-electron chi connectivity index (χ4n) is 2.13. The van der Waals surface area contributed by atoms with Gasteiger partial charge in [-0.25, -0.2) is 0 Å². The monoisotopic (exact) mass is 212 g/mol. The molecule has 82 valence electrons. The van der Waals surface area contributed by atoms with Crippen LogP contribution in [0.3, 0.4) is 0 Å². The predicted molar refractivity (Wildman–Crippen MR) is 64.7 cm³/mol. The molecule has 0 saturated heterocycles. The Hall–Kier alpha value is -1.59. The van der Waals surface area contributed by atoms with E-state index in [-0.39, 0.29) is 0 Å². The summed E-state index contributed by atoms with van der Waals surface area (Å²) in [6, 6.07) is 13.4. The molecule has 1 N–H and O–H groups in total. The molecule has 0 radical (unpaired) electrons. The predicted octanol–water partition coefficient (Wildman–Crippen LogP) is 2.95. The van der Waals surface area contributed by atoms with Crippen LogP contribution in [0.4, 0.5) is 0 Å². The van der Waals surface area contributed by atoms with Crippen LogP contribution >= 0.6 is 0 Å². The minimum atomic E-state index is 0.345. The van der Waals surface area contributed by atoms with Crippen molar-refractivity contribution in [3.8, 4) is 6.07 Å². The van der Waals surface area contributed by atoms with Gasteiger partial charge in [0, 0.05) is 17.7 Å². The van der Waals surface area contributed by atoms with Gasteiger partial charge < -0.3 is 5.32 Å². The van der Waals surface area contributed by atoms with E-state index in [4.69, 9.17) is 5.26 Å². The van der Waals surface area contributed by atoms with Crippen LogP contribution in [0.1, 0.15) is 31.4 Å². The van der Waals surface area contributed by atoms with Crippen LogP contribution in [-0.2, 0) is 0 Å². The first-order valence-corrected chi connectivity index (χ1v) is 5.69. The lowest BCUT2D eigenvalue weighted by Crippen LogP contribution is -2.29. The zero-order chi connectivity index (χ0) is 11.4. The number of hydrogen-bond donors (Lipinski definition) is 1. The van der Waals surface area contributed by atoms with E-state index in [0.717, 1.165) is 18.4 Å². The first-order chi connectivity index (χ1) is 7.79. The van der Waals surface area contributed by atoms with Crippen LogP contribution in [0, 0.1) is 11.3 Å². The summed E-state index contributed by atoms with van der Waals surface area (Å²) in [6.07, 6.45) is 3.88. The minimum Gasteiger partial charge on any atom is -0.307 e. The van der Waals surface area contributed by atoms with Gasteiger partial charge in [0.05, 0.1) is 6.07 Å². The van der Waals surface area contributed by atoms with Crippen LogP contribution < -0.4 is 5.32 Å². The van der Waals surface area contributed by atoms with E-state index in [1.807, 2.05) is 12.1 Å². The van der Waals surface area contributed by atoms with Crippen molar-refractivity contribution in [3.05, 3.63) is 47.5 Å². The van der Waals surface area contributed by atoms with E-state index in [0.29, 0.717) is 12.1 Å². The normalized spacial score (nSPS) is 21.2. The fraction of sp³-hybridized carbons (Fsp3) is 0.357. The number of benzene rings is 1. The zero-order valence-corrected chi connectivity index (χ0v) is 9.48. The highest BCUT2D eigenvalue weighted by Gasteiger charge is 2.18. The molecule has 2 atom stereocenters. The van der Waals surface area contributed by atoms with Crippen LogP contribution in [0.15, 0.2) is 42.0 Å². The second-order valence-corrected chi connectivity index (χ2v) is 4.28. The Balaban J connectivity index is 1.91. The molecule has 2 unspecified atom stereocenters. The average Bonchev–Trinajstić information content (AvgIpc) is 2.78.